The number of benzene rings is 2. The van der Waals surface area contributed by atoms with Gasteiger partial charge in [-0.15, -0.1) is 10.2 Å². The Morgan fingerprint density at radius 1 is 1.14 bits per heavy atom. The zero-order chi connectivity index (χ0) is 19.8. The van der Waals surface area contributed by atoms with Crippen molar-refractivity contribution in [3.8, 4) is 29.0 Å². The van der Waals surface area contributed by atoms with Crippen LogP contribution in [0, 0.1) is 11.8 Å². The van der Waals surface area contributed by atoms with E-state index in [1.807, 2.05) is 24.3 Å². The third-order valence-corrected chi connectivity index (χ3v) is 4.72. The van der Waals surface area contributed by atoms with Gasteiger partial charge in [0.2, 0.25) is 0 Å². The number of hydrogen-bond acceptors (Lipinski definition) is 7. The van der Waals surface area contributed by atoms with Gasteiger partial charge in [-0.1, -0.05) is 51.7 Å². The van der Waals surface area contributed by atoms with Crippen molar-refractivity contribution in [2.45, 2.75) is 5.22 Å². The van der Waals surface area contributed by atoms with Crippen LogP contribution in [0.4, 0.5) is 0 Å². The highest BCUT2D eigenvalue weighted by molar-refractivity contribution is 9.10. The van der Waals surface area contributed by atoms with Crippen molar-refractivity contribution in [1.29, 1.82) is 0 Å². The second-order valence-corrected chi connectivity index (χ2v) is 7.14. The van der Waals surface area contributed by atoms with E-state index in [0.717, 1.165) is 10.0 Å². The Morgan fingerprint density at radius 3 is 2.71 bits per heavy atom. The Morgan fingerprint density at radius 2 is 1.93 bits per heavy atom. The molecule has 6 nitrogen and oxygen atoms in total. The molecular weight excluding hydrogens is 444 g/mol. The van der Waals surface area contributed by atoms with Gasteiger partial charge >= 0.3 is 5.97 Å². The smallest absolute Gasteiger partial charge is 0.339 e. The maximum Gasteiger partial charge on any atom is 0.339 e. The predicted octanol–water partition coefficient (Wildman–Crippen LogP) is 4.46. The number of ether oxygens (including phenoxy) is 2. The van der Waals surface area contributed by atoms with Crippen LogP contribution in [0.25, 0.3) is 11.5 Å². The van der Waals surface area contributed by atoms with Gasteiger partial charge in [-0.25, -0.2) is 4.79 Å². The summed E-state index contributed by atoms with van der Waals surface area (Å²) in [5, 5.41) is 8.43. The minimum Gasteiger partial charge on any atom is -0.496 e. The SMILES string of the molecule is COc1ccccc1-c1nnc(SCC#CCOC(=O)c2ccc(Br)cc2)o1. The molecule has 0 atom stereocenters. The van der Waals surface area contributed by atoms with E-state index in [1.165, 1.54) is 11.8 Å². The van der Waals surface area contributed by atoms with Crippen molar-refractivity contribution in [1.82, 2.24) is 10.2 Å². The highest BCUT2D eigenvalue weighted by atomic mass is 79.9. The molecule has 142 valence electrons. The van der Waals surface area contributed by atoms with E-state index in [4.69, 9.17) is 13.9 Å². The molecule has 3 rings (SSSR count). The first-order chi connectivity index (χ1) is 13.7. The van der Waals surface area contributed by atoms with Gasteiger partial charge < -0.3 is 13.9 Å². The van der Waals surface area contributed by atoms with E-state index in [-0.39, 0.29) is 6.61 Å². The van der Waals surface area contributed by atoms with Gasteiger partial charge in [0.05, 0.1) is 24.0 Å². The minimum atomic E-state index is -0.409. The Labute approximate surface area is 174 Å². The quantitative estimate of drug-likeness (QED) is 0.306. The molecule has 28 heavy (non-hydrogen) atoms. The number of methoxy groups -OCH3 is 1. The van der Waals surface area contributed by atoms with Crippen molar-refractivity contribution in [2.24, 2.45) is 0 Å². The van der Waals surface area contributed by atoms with Crippen LogP contribution in [0.3, 0.4) is 0 Å². The van der Waals surface area contributed by atoms with Crippen molar-refractivity contribution in [3.05, 3.63) is 58.6 Å². The first kappa shape index (κ1) is 20.0. The van der Waals surface area contributed by atoms with Crippen LogP contribution in [0.5, 0.6) is 5.75 Å². The van der Waals surface area contributed by atoms with E-state index in [1.54, 1.807) is 31.4 Å². The summed E-state index contributed by atoms with van der Waals surface area (Å²) in [6.45, 7) is 0.0196. The monoisotopic (exact) mass is 458 g/mol. The molecule has 8 heteroatoms. The van der Waals surface area contributed by atoms with Crippen LogP contribution < -0.4 is 4.74 Å². The first-order valence-electron chi connectivity index (χ1n) is 8.15. The van der Waals surface area contributed by atoms with Crippen molar-refractivity contribution < 1.29 is 18.7 Å². The van der Waals surface area contributed by atoms with E-state index in [9.17, 15) is 4.79 Å². The summed E-state index contributed by atoms with van der Waals surface area (Å²) < 4.78 is 16.9. The highest BCUT2D eigenvalue weighted by Crippen LogP contribution is 2.30. The lowest BCUT2D eigenvalue weighted by molar-refractivity contribution is 0.0556. The molecule has 0 amide bonds. The fraction of sp³-hybridized carbons (Fsp3) is 0.150. The summed E-state index contributed by atoms with van der Waals surface area (Å²) >= 11 is 4.62. The van der Waals surface area contributed by atoms with Crippen LogP contribution >= 0.6 is 27.7 Å². The predicted molar refractivity (Wildman–Crippen MR) is 109 cm³/mol. The second-order valence-electron chi connectivity index (χ2n) is 5.30. The van der Waals surface area contributed by atoms with Gasteiger partial charge in [-0.2, -0.15) is 0 Å². The lowest BCUT2D eigenvalue weighted by atomic mass is 10.2. The average Bonchev–Trinajstić information content (AvgIpc) is 3.19. The lowest BCUT2D eigenvalue weighted by Gasteiger charge is -2.03. The Balaban J connectivity index is 1.47. The summed E-state index contributed by atoms with van der Waals surface area (Å²) in [6.07, 6.45) is 0. The van der Waals surface area contributed by atoms with Gasteiger partial charge in [-0.05, 0) is 36.4 Å². The Hall–Kier alpha value is -2.76. The molecule has 0 saturated carbocycles. The molecule has 3 aromatic rings. The van der Waals surface area contributed by atoms with Gasteiger partial charge in [0.25, 0.3) is 11.1 Å². The van der Waals surface area contributed by atoms with Crippen molar-refractivity contribution in [2.75, 3.05) is 19.5 Å². The molecule has 0 aliphatic rings. The molecule has 0 saturated heterocycles. The summed E-state index contributed by atoms with van der Waals surface area (Å²) in [4.78, 5) is 11.8. The van der Waals surface area contributed by atoms with Gasteiger partial charge in [0.15, 0.2) is 6.61 Å². The molecule has 0 aliphatic heterocycles. The molecule has 1 heterocycles. The number of thioether (sulfide) groups is 1. The van der Waals surface area contributed by atoms with E-state index in [0.29, 0.717) is 28.2 Å². The summed E-state index contributed by atoms with van der Waals surface area (Å²) in [5.41, 5.74) is 1.21. The summed E-state index contributed by atoms with van der Waals surface area (Å²) in [5.74, 6) is 6.76. The lowest BCUT2D eigenvalue weighted by Crippen LogP contribution is -2.04. The van der Waals surface area contributed by atoms with Crippen LogP contribution in [0.2, 0.25) is 0 Å². The standard InChI is InChI=1S/C20H15BrN2O4S/c1-25-17-7-3-2-6-16(17)18-22-23-20(27-18)28-13-5-4-12-26-19(24)14-8-10-15(21)11-9-14/h2-3,6-11H,12-13H2,1H3. The largest absolute Gasteiger partial charge is 0.496 e. The molecule has 0 unspecified atom stereocenters. The number of aromatic nitrogens is 2. The maximum atomic E-state index is 11.8. The van der Waals surface area contributed by atoms with Crippen LogP contribution in [-0.4, -0.2) is 35.6 Å². The number of halogens is 1. The molecule has 0 bridgehead atoms. The normalized spacial score (nSPS) is 10.1. The zero-order valence-corrected chi connectivity index (χ0v) is 17.2. The molecular formula is C20H15BrN2O4S. The summed E-state index contributed by atoms with van der Waals surface area (Å²) in [7, 11) is 1.59. The Kier molecular flexibility index (Phi) is 7.12. The third-order valence-electron chi connectivity index (χ3n) is 3.49. The van der Waals surface area contributed by atoms with Gasteiger partial charge in [0.1, 0.15) is 5.75 Å². The zero-order valence-electron chi connectivity index (χ0n) is 14.8. The fourth-order valence-corrected chi connectivity index (χ4v) is 2.97. The molecule has 2 aromatic carbocycles. The van der Waals surface area contributed by atoms with Gasteiger partial charge in [0, 0.05) is 4.47 Å². The topological polar surface area (TPSA) is 74.5 Å². The molecule has 0 radical (unpaired) electrons. The number of para-hydroxylation sites is 1. The Bertz CT molecular complexity index is 1010. The van der Waals surface area contributed by atoms with Crippen molar-refractivity contribution >= 4 is 33.7 Å². The molecule has 0 spiro atoms. The number of nitrogens with zero attached hydrogens (tertiary/aromatic N) is 2. The number of esters is 1. The third kappa shape index (κ3) is 5.38. The van der Waals surface area contributed by atoms with Crippen LogP contribution in [-0.2, 0) is 4.74 Å². The van der Waals surface area contributed by atoms with E-state index in [2.05, 4.69) is 38.0 Å². The number of carbonyl (C=O) groups excluding carboxylic acids is 1. The van der Waals surface area contributed by atoms with E-state index >= 15 is 0 Å². The maximum absolute atomic E-state index is 11.8. The van der Waals surface area contributed by atoms with Crippen LogP contribution in [0.15, 0.2) is 62.6 Å². The molecule has 1 aromatic heterocycles. The highest BCUT2D eigenvalue weighted by Gasteiger charge is 2.12. The van der Waals surface area contributed by atoms with Crippen molar-refractivity contribution in [3.63, 3.8) is 0 Å². The molecule has 0 N–H and O–H groups in total. The fourth-order valence-electron chi connectivity index (χ4n) is 2.17. The van der Waals surface area contributed by atoms with Crippen LogP contribution in [0.1, 0.15) is 10.4 Å². The minimum absolute atomic E-state index is 0.0196. The average molecular weight is 459 g/mol. The number of rotatable bonds is 6. The second kappa shape index (κ2) is 9.97. The summed E-state index contributed by atoms with van der Waals surface area (Å²) in [6, 6.07) is 14.3. The molecule has 0 fully saturated rings. The number of carbonyl (C=O) groups is 1. The molecule has 0 aliphatic carbocycles. The van der Waals surface area contributed by atoms with Gasteiger partial charge in [-0.3, -0.25) is 0 Å². The number of hydrogen-bond donors (Lipinski definition) is 0. The first-order valence-corrected chi connectivity index (χ1v) is 9.93. The van der Waals surface area contributed by atoms with E-state index < -0.39 is 5.97 Å².